The molecule has 0 saturated heterocycles. The van der Waals surface area contributed by atoms with E-state index >= 15 is 0 Å². The van der Waals surface area contributed by atoms with Crippen LogP contribution in [0.5, 0.6) is 11.5 Å². The van der Waals surface area contributed by atoms with E-state index in [1.54, 1.807) is 43.5 Å². The average Bonchev–Trinajstić information content (AvgIpc) is 2.59. The van der Waals surface area contributed by atoms with Crippen molar-refractivity contribution in [3.05, 3.63) is 58.6 Å². The molecule has 0 fully saturated rings. The quantitative estimate of drug-likeness (QED) is 0.714. The smallest absolute Gasteiger partial charge is 0.248 e. The van der Waals surface area contributed by atoms with Gasteiger partial charge in [0.2, 0.25) is 5.91 Å². The van der Waals surface area contributed by atoms with E-state index in [2.05, 4.69) is 21.2 Å². The molecule has 1 N–H and O–H groups in total. The van der Waals surface area contributed by atoms with Gasteiger partial charge in [-0.3, -0.25) is 4.79 Å². The lowest BCUT2D eigenvalue weighted by atomic mass is 10.2. The first-order valence-electron chi connectivity index (χ1n) is 7.23. The Morgan fingerprint density at radius 3 is 2.56 bits per heavy atom. The maximum Gasteiger partial charge on any atom is 0.248 e. The Balaban J connectivity index is 1.98. The first kappa shape index (κ1) is 18.5. The molecule has 7 heteroatoms. The van der Waals surface area contributed by atoms with Gasteiger partial charge < -0.3 is 24.7 Å². The summed E-state index contributed by atoms with van der Waals surface area (Å²) >= 11 is 3.37. The zero-order chi connectivity index (χ0) is 18.2. The normalized spacial score (nSPS) is 10.5. The van der Waals surface area contributed by atoms with E-state index in [0.717, 1.165) is 10.0 Å². The van der Waals surface area contributed by atoms with Crippen LogP contribution in [-0.2, 0) is 9.59 Å². The van der Waals surface area contributed by atoms with Gasteiger partial charge in [-0.2, -0.15) is 0 Å². The Morgan fingerprint density at radius 1 is 1.20 bits per heavy atom. The number of carbonyl (C=O) groups excluding carboxylic acids is 2. The van der Waals surface area contributed by atoms with Gasteiger partial charge in [-0.1, -0.05) is 15.9 Å². The topological polar surface area (TPSA) is 87.7 Å². The lowest BCUT2D eigenvalue weighted by molar-refractivity contribution is -0.307. The van der Waals surface area contributed by atoms with E-state index in [0.29, 0.717) is 17.2 Å². The number of ether oxygens (including phenoxy) is 2. The molecule has 2 aromatic rings. The maximum absolute atomic E-state index is 12.0. The highest BCUT2D eigenvalue weighted by Gasteiger charge is 2.03. The van der Waals surface area contributed by atoms with Gasteiger partial charge in [0.25, 0.3) is 0 Å². The third-order valence-electron chi connectivity index (χ3n) is 3.08. The molecule has 130 valence electrons. The third-order valence-corrected chi connectivity index (χ3v) is 3.58. The molecule has 2 aromatic carbocycles. The predicted molar refractivity (Wildman–Crippen MR) is 95.3 cm³/mol. The van der Waals surface area contributed by atoms with Gasteiger partial charge in [0.15, 0.2) is 0 Å². The van der Waals surface area contributed by atoms with E-state index in [9.17, 15) is 14.7 Å². The number of carboxylic acids is 1. The van der Waals surface area contributed by atoms with Gasteiger partial charge in [0, 0.05) is 21.8 Å². The molecular weight excluding hydrogens is 390 g/mol. The highest BCUT2D eigenvalue weighted by molar-refractivity contribution is 9.10. The van der Waals surface area contributed by atoms with Gasteiger partial charge in [0.1, 0.15) is 18.1 Å². The summed E-state index contributed by atoms with van der Waals surface area (Å²) < 4.78 is 11.1. The lowest BCUT2D eigenvalue weighted by Gasteiger charge is -2.08. The second kappa shape index (κ2) is 8.89. The molecule has 0 radical (unpaired) electrons. The molecule has 0 aliphatic carbocycles. The number of carbonyl (C=O) groups is 2. The number of anilines is 1. The number of amides is 1. The van der Waals surface area contributed by atoms with Crippen molar-refractivity contribution >= 4 is 39.6 Å². The number of halogens is 1. The Labute approximate surface area is 153 Å². The van der Waals surface area contributed by atoms with Gasteiger partial charge in [-0.05, 0) is 48.5 Å². The van der Waals surface area contributed by atoms with Crippen molar-refractivity contribution in [3.63, 3.8) is 0 Å². The fourth-order valence-electron chi connectivity index (χ4n) is 1.96. The van der Waals surface area contributed by atoms with E-state index in [4.69, 9.17) is 9.47 Å². The van der Waals surface area contributed by atoms with Crippen LogP contribution in [0.2, 0.25) is 0 Å². The molecule has 0 aliphatic heterocycles. The van der Waals surface area contributed by atoms with Crippen LogP contribution in [0.15, 0.2) is 53.0 Å². The molecular formula is C18H15BrNO5-. The molecule has 1 amide bonds. The van der Waals surface area contributed by atoms with Crippen molar-refractivity contribution in [3.8, 4) is 11.5 Å². The van der Waals surface area contributed by atoms with Crippen LogP contribution in [-0.4, -0.2) is 25.6 Å². The van der Waals surface area contributed by atoms with E-state index in [1.807, 2.05) is 12.1 Å². The number of nitrogens with one attached hydrogen (secondary N) is 1. The third kappa shape index (κ3) is 5.96. The summed E-state index contributed by atoms with van der Waals surface area (Å²) in [6, 6.07) is 11.8. The van der Waals surface area contributed by atoms with Crippen LogP contribution in [0.3, 0.4) is 0 Å². The summed E-state index contributed by atoms with van der Waals surface area (Å²) in [6.45, 7) is -0.525. The fraction of sp³-hybridized carbons (Fsp3) is 0.111. The van der Waals surface area contributed by atoms with Crippen molar-refractivity contribution in [2.45, 2.75) is 0 Å². The summed E-state index contributed by atoms with van der Waals surface area (Å²) in [7, 11) is 1.56. The molecule has 0 unspecified atom stereocenters. The van der Waals surface area contributed by atoms with Crippen molar-refractivity contribution < 1.29 is 24.2 Å². The first-order chi connectivity index (χ1) is 12.0. The Morgan fingerprint density at radius 2 is 1.92 bits per heavy atom. The van der Waals surface area contributed by atoms with Crippen molar-refractivity contribution in [2.24, 2.45) is 0 Å². The monoisotopic (exact) mass is 404 g/mol. The molecule has 0 heterocycles. The molecule has 0 aromatic heterocycles. The predicted octanol–water partition coefficient (Wildman–Crippen LogP) is 2.24. The Bertz CT molecular complexity index is 787. The van der Waals surface area contributed by atoms with E-state index < -0.39 is 12.6 Å². The van der Waals surface area contributed by atoms with Crippen molar-refractivity contribution in [1.82, 2.24) is 0 Å². The summed E-state index contributed by atoms with van der Waals surface area (Å²) in [5, 5.41) is 13.0. The largest absolute Gasteiger partial charge is 0.546 e. The number of aliphatic carboxylic acids is 1. The summed E-state index contributed by atoms with van der Waals surface area (Å²) in [6.07, 6.45) is 3.04. The standard InChI is InChI=1S/C18H16BrNO5/c1-24-16-8-3-13(19)10-12(16)2-9-17(21)20-14-4-6-15(7-5-14)25-11-18(22)23/h2-10H,11H2,1H3,(H,20,21)(H,22,23)/p-1/b9-2+. The Hall–Kier alpha value is -2.80. The minimum absolute atomic E-state index is 0.314. The summed E-state index contributed by atoms with van der Waals surface area (Å²) in [5.74, 6) is -0.589. The molecule has 0 spiro atoms. The van der Waals surface area contributed by atoms with Crippen LogP contribution in [0.1, 0.15) is 5.56 Å². The van der Waals surface area contributed by atoms with Crippen LogP contribution >= 0.6 is 15.9 Å². The second-order valence-corrected chi connectivity index (χ2v) is 5.81. The number of hydrogen-bond acceptors (Lipinski definition) is 5. The number of rotatable bonds is 7. The van der Waals surface area contributed by atoms with Crippen LogP contribution in [0.25, 0.3) is 6.08 Å². The number of hydrogen-bond donors (Lipinski definition) is 1. The van der Waals surface area contributed by atoms with Gasteiger partial charge in [-0.15, -0.1) is 0 Å². The molecule has 6 nitrogen and oxygen atoms in total. The van der Waals surface area contributed by atoms with Crippen LogP contribution < -0.4 is 19.9 Å². The molecule has 2 rings (SSSR count). The molecule has 0 bridgehead atoms. The minimum Gasteiger partial charge on any atom is -0.546 e. The van der Waals surface area contributed by atoms with Gasteiger partial charge in [0.05, 0.1) is 13.1 Å². The summed E-state index contributed by atoms with van der Waals surface area (Å²) in [4.78, 5) is 22.3. The minimum atomic E-state index is -1.30. The molecule has 0 atom stereocenters. The first-order valence-corrected chi connectivity index (χ1v) is 8.02. The van der Waals surface area contributed by atoms with E-state index in [-0.39, 0.29) is 5.91 Å². The number of methoxy groups -OCH3 is 1. The molecule has 0 aliphatic rings. The van der Waals surface area contributed by atoms with Crippen LogP contribution in [0.4, 0.5) is 5.69 Å². The highest BCUT2D eigenvalue weighted by Crippen LogP contribution is 2.24. The number of benzene rings is 2. The fourth-order valence-corrected chi connectivity index (χ4v) is 2.34. The lowest BCUT2D eigenvalue weighted by Crippen LogP contribution is -2.28. The molecule has 25 heavy (non-hydrogen) atoms. The SMILES string of the molecule is COc1ccc(Br)cc1/C=C/C(=O)Nc1ccc(OCC(=O)[O-])cc1. The Kier molecular flexibility index (Phi) is 6.59. The zero-order valence-corrected chi connectivity index (χ0v) is 14.9. The highest BCUT2D eigenvalue weighted by atomic mass is 79.9. The average molecular weight is 405 g/mol. The molecule has 0 saturated carbocycles. The summed E-state index contributed by atoms with van der Waals surface area (Å²) in [5.41, 5.74) is 1.31. The van der Waals surface area contributed by atoms with Gasteiger partial charge in [-0.25, -0.2) is 0 Å². The number of carboxylic acid groups (broad SMARTS) is 1. The van der Waals surface area contributed by atoms with Gasteiger partial charge >= 0.3 is 0 Å². The maximum atomic E-state index is 12.0. The van der Waals surface area contributed by atoms with Crippen LogP contribution in [0, 0.1) is 0 Å². The van der Waals surface area contributed by atoms with Crippen molar-refractivity contribution in [1.29, 1.82) is 0 Å². The zero-order valence-electron chi connectivity index (χ0n) is 13.3. The van der Waals surface area contributed by atoms with Crippen molar-refractivity contribution in [2.75, 3.05) is 19.0 Å². The second-order valence-electron chi connectivity index (χ2n) is 4.89. The van der Waals surface area contributed by atoms with E-state index in [1.165, 1.54) is 6.08 Å².